The van der Waals surface area contributed by atoms with Gasteiger partial charge in [-0.25, -0.2) is 0 Å². The number of nitro groups is 1. The minimum absolute atomic E-state index is 0.00762. The Bertz CT molecular complexity index is 1200. The lowest BCUT2D eigenvalue weighted by Gasteiger charge is -2.33. The fourth-order valence-corrected chi connectivity index (χ4v) is 4.26. The van der Waals surface area contributed by atoms with Gasteiger partial charge in [0.25, 0.3) is 5.69 Å². The molecule has 4 rings (SSSR count). The lowest BCUT2D eigenvalue weighted by Crippen LogP contribution is -2.28. The van der Waals surface area contributed by atoms with Crippen molar-refractivity contribution in [3.63, 3.8) is 0 Å². The number of hydrogen-bond donors (Lipinski definition) is 0. The van der Waals surface area contributed by atoms with Gasteiger partial charge in [-0.1, -0.05) is 48.5 Å². The van der Waals surface area contributed by atoms with E-state index in [9.17, 15) is 14.9 Å². The number of pyridine rings is 1. The lowest BCUT2D eigenvalue weighted by atomic mass is 9.71. The van der Waals surface area contributed by atoms with Crippen LogP contribution in [-0.2, 0) is 0 Å². The number of hydrogen-bond acceptors (Lipinski definition) is 5. The van der Waals surface area contributed by atoms with Crippen LogP contribution in [0.15, 0.2) is 95.4 Å². The van der Waals surface area contributed by atoms with Gasteiger partial charge >= 0.3 is 0 Å². The summed E-state index contributed by atoms with van der Waals surface area (Å²) in [5, 5.41) is 11.4. The van der Waals surface area contributed by atoms with Gasteiger partial charge in [0.1, 0.15) is 0 Å². The number of benzene rings is 2. The summed E-state index contributed by atoms with van der Waals surface area (Å²) in [7, 11) is 0. The van der Waals surface area contributed by atoms with Crippen LogP contribution >= 0.6 is 0 Å². The molecule has 31 heavy (non-hydrogen) atoms. The molecule has 1 aliphatic rings. The van der Waals surface area contributed by atoms with Crippen LogP contribution in [0.4, 0.5) is 5.69 Å². The number of aliphatic imine (C=N–C) groups is 1. The zero-order chi connectivity index (χ0) is 22.0. The van der Waals surface area contributed by atoms with Crippen LogP contribution < -0.4 is 0 Å². The molecule has 2 heterocycles. The maximum absolute atomic E-state index is 13.6. The molecule has 2 aromatic carbocycles. The van der Waals surface area contributed by atoms with E-state index in [1.165, 1.54) is 6.07 Å². The summed E-state index contributed by atoms with van der Waals surface area (Å²) < 4.78 is 0. The number of non-ortho nitro benzene ring substituents is 1. The highest BCUT2D eigenvalue weighted by Crippen LogP contribution is 2.45. The number of rotatable bonds is 5. The summed E-state index contributed by atoms with van der Waals surface area (Å²) in [6.45, 7) is 3.75. The molecule has 1 aromatic heterocycles. The van der Waals surface area contributed by atoms with Gasteiger partial charge in [0.2, 0.25) is 0 Å². The molecule has 1 aliphatic heterocycles. The van der Waals surface area contributed by atoms with Crippen molar-refractivity contribution >= 4 is 17.2 Å². The third-order valence-electron chi connectivity index (χ3n) is 5.59. The molecule has 0 saturated carbocycles. The summed E-state index contributed by atoms with van der Waals surface area (Å²) in [4.78, 5) is 33.6. The average molecular weight is 411 g/mol. The van der Waals surface area contributed by atoms with Crippen LogP contribution in [0, 0.1) is 10.1 Å². The molecule has 6 heteroatoms. The smallest absolute Gasteiger partial charge is 0.269 e. The number of nitro benzene ring substituents is 1. The predicted molar refractivity (Wildman–Crippen MR) is 119 cm³/mol. The molecule has 2 atom stereocenters. The maximum Gasteiger partial charge on any atom is 0.269 e. The normalized spacial score (nSPS) is 18.5. The van der Waals surface area contributed by atoms with E-state index < -0.39 is 10.8 Å². The second-order valence-electron chi connectivity index (χ2n) is 7.54. The van der Waals surface area contributed by atoms with E-state index >= 15 is 0 Å². The van der Waals surface area contributed by atoms with Gasteiger partial charge in [-0.2, -0.15) is 0 Å². The fraction of sp³-hybridized carbons (Fsp3) is 0.160. The number of allylic oxidation sites excluding steroid dienone is 2. The Morgan fingerprint density at radius 1 is 0.935 bits per heavy atom. The predicted octanol–water partition coefficient (Wildman–Crippen LogP) is 5.49. The molecular formula is C25H21N3O3. The van der Waals surface area contributed by atoms with Crippen LogP contribution in [0.25, 0.3) is 0 Å². The van der Waals surface area contributed by atoms with Crippen LogP contribution in [-0.4, -0.2) is 21.4 Å². The Hall–Kier alpha value is -3.93. The summed E-state index contributed by atoms with van der Waals surface area (Å²) in [5.74, 6) is -0.809. The Morgan fingerprint density at radius 3 is 2.35 bits per heavy atom. The minimum Gasteiger partial charge on any atom is -0.289 e. The molecule has 0 aliphatic carbocycles. The topological polar surface area (TPSA) is 85.5 Å². The monoisotopic (exact) mass is 411 g/mol. The molecule has 154 valence electrons. The first-order valence-corrected chi connectivity index (χ1v) is 9.97. The minimum atomic E-state index is -0.422. The van der Waals surface area contributed by atoms with E-state index in [4.69, 9.17) is 4.99 Å². The second-order valence-corrected chi connectivity index (χ2v) is 7.54. The molecule has 2 unspecified atom stereocenters. The van der Waals surface area contributed by atoms with Crippen LogP contribution in [0.3, 0.4) is 0 Å². The van der Waals surface area contributed by atoms with E-state index in [0.29, 0.717) is 22.4 Å². The Labute approximate surface area is 180 Å². The number of carbonyl (C=O) groups is 1. The molecule has 0 amide bonds. The molecular weight excluding hydrogens is 390 g/mol. The summed E-state index contributed by atoms with van der Waals surface area (Å²) >= 11 is 0. The summed E-state index contributed by atoms with van der Waals surface area (Å²) in [6.07, 6.45) is 3.46. The second kappa shape index (κ2) is 8.44. The molecule has 0 saturated heterocycles. The molecule has 6 nitrogen and oxygen atoms in total. The van der Waals surface area contributed by atoms with Crippen LogP contribution in [0.5, 0.6) is 0 Å². The van der Waals surface area contributed by atoms with Gasteiger partial charge < -0.3 is 0 Å². The first-order valence-electron chi connectivity index (χ1n) is 9.97. The van der Waals surface area contributed by atoms with Crippen molar-refractivity contribution in [3.05, 3.63) is 117 Å². The van der Waals surface area contributed by atoms with Gasteiger partial charge in [0.15, 0.2) is 5.78 Å². The summed E-state index contributed by atoms with van der Waals surface area (Å²) in [5.41, 5.74) is 4.18. The van der Waals surface area contributed by atoms with Crippen LogP contribution in [0.2, 0.25) is 0 Å². The Balaban J connectivity index is 1.94. The lowest BCUT2D eigenvalue weighted by molar-refractivity contribution is -0.384. The van der Waals surface area contributed by atoms with E-state index in [2.05, 4.69) is 4.98 Å². The zero-order valence-electron chi connectivity index (χ0n) is 17.2. The standard InChI is InChI=1S/C25H21N3O3/c1-16-22(20-11-7-13-26-15-20)24(19-10-6-12-21(14-19)28(30)31)23(17(2)27-16)25(29)18-8-4-3-5-9-18/h3-15,22,24H,1-2H3. The Kier molecular flexibility index (Phi) is 5.54. The number of aromatic nitrogens is 1. The van der Waals surface area contributed by atoms with Crippen molar-refractivity contribution in [2.75, 3.05) is 0 Å². The third kappa shape index (κ3) is 3.92. The summed E-state index contributed by atoms with van der Waals surface area (Å²) in [6, 6.07) is 19.4. The van der Waals surface area contributed by atoms with Gasteiger partial charge in [-0.05, 0) is 31.0 Å². The Morgan fingerprint density at radius 2 is 1.68 bits per heavy atom. The maximum atomic E-state index is 13.6. The van der Waals surface area contributed by atoms with Crippen molar-refractivity contribution in [3.8, 4) is 0 Å². The molecule has 0 fully saturated rings. The van der Waals surface area contributed by atoms with Crippen molar-refractivity contribution in [2.24, 2.45) is 4.99 Å². The molecule has 0 N–H and O–H groups in total. The highest BCUT2D eigenvalue weighted by Gasteiger charge is 2.38. The first-order chi connectivity index (χ1) is 15.0. The van der Waals surface area contributed by atoms with Crippen LogP contribution in [0.1, 0.15) is 47.2 Å². The SMILES string of the molecule is CC1=NC(C)=C(C(=O)c2ccccc2)C(c2cccc([N+](=O)[O-])c2)C1c1cccnc1. The van der Waals surface area contributed by atoms with Gasteiger partial charge in [-0.3, -0.25) is 24.9 Å². The van der Waals surface area contributed by atoms with Crippen molar-refractivity contribution in [1.29, 1.82) is 0 Å². The number of nitrogens with zero attached hydrogens (tertiary/aromatic N) is 3. The van der Waals surface area contributed by atoms with E-state index in [0.717, 1.165) is 11.3 Å². The fourth-order valence-electron chi connectivity index (χ4n) is 4.26. The highest BCUT2D eigenvalue weighted by molar-refractivity contribution is 6.12. The number of carbonyl (C=O) groups excluding carboxylic acids is 1. The first kappa shape index (κ1) is 20.3. The number of ketones is 1. The molecule has 3 aromatic rings. The van der Waals surface area contributed by atoms with E-state index in [1.54, 1.807) is 36.7 Å². The van der Waals surface area contributed by atoms with Gasteiger partial charge in [-0.15, -0.1) is 0 Å². The van der Waals surface area contributed by atoms with Crippen molar-refractivity contribution in [1.82, 2.24) is 4.98 Å². The van der Waals surface area contributed by atoms with Gasteiger partial charge in [0.05, 0.1) is 4.92 Å². The van der Waals surface area contributed by atoms with Crippen molar-refractivity contribution in [2.45, 2.75) is 25.7 Å². The number of Topliss-reactive ketones (excluding diaryl/α,β-unsaturated/α-hetero) is 1. The zero-order valence-corrected chi connectivity index (χ0v) is 17.2. The molecule has 0 bridgehead atoms. The largest absolute Gasteiger partial charge is 0.289 e. The van der Waals surface area contributed by atoms with Gasteiger partial charge in [0, 0.05) is 58.9 Å². The molecule has 0 spiro atoms. The molecule has 0 radical (unpaired) electrons. The van der Waals surface area contributed by atoms with E-state index in [1.807, 2.05) is 50.2 Å². The third-order valence-corrected chi connectivity index (χ3v) is 5.59. The highest BCUT2D eigenvalue weighted by atomic mass is 16.6. The van der Waals surface area contributed by atoms with E-state index in [-0.39, 0.29) is 17.4 Å². The van der Waals surface area contributed by atoms with Crippen molar-refractivity contribution < 1.29 is 9.72 Å². The quantitative estimate of drug-likeness (QED) is 0.316. The average Bonchev–Trinajstić information content (AvgIpc) is 2.79.